The number of hydrogen-bond acceptors (Lipinski definition) is 2. The second-order valence-corrected chi connectivity index (χ2v) is 3.91. The third-order valence-electron chi connectivity index (χ3n) is 2.11. The Hall–Kier alpha value is -0.570. The van der Waals surface area contributed by atoms with Crippen LogP contribution in [0.25, 0.3) is 0 Å². The Labute approximate surface area is 74.7 Å². The highest BCUT2D eigenvalue weighted by molar-refractivity contribution is 5.73. The lowest BCUT2D eigenvalue weighted by Crippen LogP contribution is -2.31. The minimum absolute atomic E-state index is 0.239. The van der Waals surface area contributed by atoms with Crippen molar-refractivity contribution >= 4 is 5.91 Å². The van der Waals surface area contributed by atoms with Crippen LogP contribution in [0.15, 0.2) is 0 Å². The minimum atomic E-state index is -0.239. The number of carbonyl (C=O) groups excluding carboxylic acids is 1. The lowest BCUT2D eigenvalue weighted by Gasteiger charge is -2.22. The molecule has 3 nitrogen and oxygen atoms in total. The monoisotopic (exact) mass is 172 g/mol. The molecular weight excluding hydrogens is 152 g/mol. The van der Waals surface area contributed by atoms with Crippen molar-refractivity contribution < 1.29 is 4.79 Å². The zero-order chi connectivity index (χ0) is 9.61. The number of carbonyl (C=O) groups is 1. The normalized spacial score (nSPS) is 11.6. The minimum Gasteiger partial charge on any atom is -0.370 e. The van der Waals surface area contributed by atoms with Crippen LogP contribution in [-0.2, 0) is 4.79 Å². The summed E-state index contributed by atoms with van der Waals surface area (Å²) in [6.07, 6.45) is 1.57. The molecule has 0 rings (SSSR count). The van der Waals surface area contributed by atoms with Gasteiger partial charge in [0.1, 0.15) is 0 Å². The summed E-state index contributed by atoms with van der Waals surface area (Å²) in [6.45, 7) is 8.19. The molecule has 0 atom stereocenters. The van der Waals surface area contributed by atoms with Gasteiger partial charge >= 0.3 is 0 Å². The first-order valence-electron chi connectivity index (χ1n) is 4.47. The summed E-state index contributed by atoms with van der Waals surface area (Å²) in [5.74, 6) is -0.239. The molecule has 0 heterocycles. The third-order valence-corrected chi connectivity index (χ3v) is 2.11. The summed E-state index contributed by atoms with van der Waals surface area (Å²) in [5.41, 5.74) is 5.31. The summed E-state index contributed by atoms with van der Waals surface area (Å²) >= 11 is 0. The molecule has 3 N–H and O–H groups in total. The number of hydrogen-bond donors (Lipinski definition) is 2. The van der Waals surface area contributed by atoms with Gasteiger partial charge in [-0.05, 0) is 11.8 Å². The predicted octanol–water partition coefficient (Wildman–Crippen LogP) is 0.888. The van der Waals surface area contributed by atoms with Gasteiger partial charge in [-0.15, -0.1) is 0 Å². The van der Waals surface area contributed by atoms with Crippen LogP contribution < -0.4 is 11.1 Å². The number of amides is 1. The van der Waals surface area contributed by atoms with E-state index in [9.17, 15) is 4.79 Å². The van der Waals surface area contributed by atoms with E-state index >= 15 is 0 Å². The molecule has 0 aromatic heterocycles. The van der Waals surface area contributed by atoms with E-state index in [1.165, 1.54) is 0 Å². The standard InChI is InChI=1S/C9H20N2O/c1-4-9(2,3)7-11-6-5-8(10)12/h11H,4-7H2,1-3H3,(H2,10,12). The maximum atomic E-state index is 10.4. The fourth-order valence-corrected chi connectivity index (χ4v) is 0.763. The Morgan fingerprint density at radius 3 is 2.50 bits per heavy atom. The Morgan fingerprint density at radius 2 is 2.08 bits per heavy atom. The van der Waals surface area contributed by atoms with Crippen molar-refractivity contribution in [2.75, 3.05) is 13.1 Å². The quantitative estimate of drug-likeness (QED) is 0.584. The Bertz CT molecular complexity index is 143. The molecule has 0 aliphatic rings. The van der Waals surface area contributed by atoms with Crippen LogP contribution in [0.2, 0.25) is 0 Å². The maximum Gasteiger partial charge on any atom is 0.218 e. The molecule has 0 bridgehead atoms. The van der Waals surface area contributed by atoms with Gasteiger partial charge in [0.2, 0.25) is 5.91 Å². The molecule has 0 aliphatic heterocycles. The van der Waals surface area contributed by atoms with Gasteiger partial charge in [0, 0.05) is 19.5 Å². The summed E-state index contributed by atoms with van der Waals surface area (Å²) < 4.78 is 0. The van der Waals surface area contributed by atoms with Crippen molar-refractivity contribution in [3.05, 3.63) is 0 Å². The van der Waals surface area contributed by atoms with Crippen molar-refractivity contribution in [1.82, 2.24) is 5.32 Å². The molecule has 0 spiro atoms. The lowest BCUT2D eigenvalue weighted by molar-refractivity contribution is -0.117. The van der Waals surface area contributed by atoms with Gasteiger partial charge in [-0.1, -0.05) is 20.8 Å². The van der Waals surface area contributed by atoms with E-state index in [1.807, 2.05) is 0 Å². The molecule has 0 aliphatic carbocycles. The summed E-state index contributed by atoms with van der Waals surface area (Å²) in [4.78, 5) is 10.4. The van der Waals surface area contributed by atoms with Crippen LogP contribution in [0.3, 0.4) is 0 Å². The van der Waals surface area contributed by atoms with Crippen molar-refractivity contribution in [3.63, 3.8) is 0 Å². The highest BCUT2D eigenvalue weighted by atomic mass is 16.1. The molecule has 0 unspecified atom stereocenters. The van der Waals surface area contributed by atoms with Crippen molar-refractivity contribution in [2.24, 2.45) is 11.1 Å². The SMILES string of the molecule is CCC(C)(C)CNCCC(N)=O. The zero-order valence-electron chi connectivity index (χ0n) is 8.31. The van der Waals surface area contributed by atoms with Gasteiger partial charge < -0.3 is 11.1 Å². The fraction of sp³-hybridized carbons (Fsp3) is 0.889. The van der Waals surface area contributed by atoms with Crippen molar-refractivity contribution in [3.8, 4) is 0 Å². The Kier molecular flexibility index (Phi) is 4.90. The Morgan fingerprint density at radius 1 is 1.50 bits per heavy atom. The highest BCUT2D eigenvalue weighted by Gasteiger charge is 2.13. The second kappa shape index (κ2) is 5.14. The van der Waals surface area contributed by atoms with Gasteiger partial charge in [0.05, 0.1) is 0 Å². The first-order chi connectivity index (χ1) is 5.48. The molecule has 3 heteroatoms. The van der Waals surface area contributed by atoms with Gasteiger partial charge in [-0.3, -0.25) is 4.79 Å². The van der Waals surface area contributed by atoms with Gasteiger partial charge in [0.25, 0.3) is 0 Å². The van der Waals surface area contributed by atoms with E-state index in [4.69, 9.17) is 5.73 Å². The average Bonchev–Trinajstić information content (AvgIpc) is 1.98. The van der Waals surface area contributed by atoms with Gasteiger partial charge in [0.15, 0.2) is 0 Å². The van der Waals surface area contributed by atoms with E-state index in [0.29, 0.717) is 18.4 Å². The largest absolute Gasteiger partial charge is 0.370 e. The van der Waals surface area contributed by atoms with E-state index < -0.39 is 0 Å². The second-order valence-electron chi connectivity index (χ2n) is 3.91. The smallest absolute Gasteiger partial charge is 0.218 e. The molecule has 0 saturated heterocycles. The van der Waals surface area contributed by atoms with Crippen molar-refractivity contribution in [2.45, 2.75) is 33.6 Å². The Balaban J connectivity index is 3.37. The van der Waals surface area contributed by atoms with Crippen LogP contribution in [-0.4, -0.2) is 19.0 Å². The molecule has 0 radical (unpaired) electrons. The van der Waals surface area contributed by atoms with E-state index in [-0.39, 0.29) is 5.91 Å². The van der Waals surface area contributed by atoms with Crippen LogP contribution in [0, 0.1) is 5.41 Å². The number of rotatable bonds is 6. The highest BCUT2D eigenvalue weighted by Crippen LogP contribution is 2.17. The zero-order valence-corrected chi connectivity index (χ0v) is 8.31. The summed E-state index contributed by atoms with van der Waals surface area (Å²) in [7, 11) is 0. The lowest BCUT2D eigenvalue weighted by atomic mass is 9.90. The molecule has 1 amide bonds. The van der Waals surface area contributed by atoms with E-state index in [2.05, 4.69) is 26.1 Å². The maximum absolute atomic E-state index is 10.4. The molecule has 0 fully saturated rings. The van der Waals surface area contributed by atoms with Gasteiger partial charge in [-0.25, -0.2) is 0 Å². The van der Waals surface area contributed by atoms with Gasteiger partial charge in [-0.2, -0.15) is 0 Å². The molecular formula is C9H20N2O. The van der Waals surface area contributed by atoms with Crippen LogP contribution in [0.1, 0.15) is 33.6 Å². The predicted molar refractivity (Wildman–Crippen MR) is 50.8 cm³/mol. The summed E-state index contributed by atoms with van der Waals surface area (Å²) in [6, 6.07) is 0. The van der Waals surface area contributed by atoms with Crippen LogP contribution in [0.5, 0.6) is 0 Å². The molecule has 12 heavy (non-hydrogen) atoms. The molecule has 0 aromatic rings. The number of nitrogens with two attached hydrogens (primary N) is 1. The molecule has 0 saturated carbocycles. The fourth-order valence-electron chi connectivity index (χ4n) is 0.763. The summed E-state index contributed by atoms with van der Waals surface area (Å²) in [5, 5.41) is 3.21. The van der Waals surface area contributed by atoms with Crippen LogP contribution in [0.4, 0.5) is 0 Å². The number of primary amides is 1. The molecule has 72 valence electrons. The average molecular weight is 172 g/mol. The first-order valence-corrected chi connectivity index (χ1v) is 4.47. The molecule has 0 aromatic carbocycles. The first kappa shape index (κ1) is 11.4. The van der Waals surface area contributed by atoms with E-state index in [1.54, 1.807) is 0 Å². The topological polar surface area (TPSA) is 55.1 Å². The van der Waals surface area contributed by atoms with Crippen LogP contribution >= 0.6 is 0 Å². The van der Waals surface area contributed by atoms with Crippen molar-refractivity contribution in [1.29, 1.82) is 0 Å². The number of nitrogens with one attached hydrogen (secondary N) is 1. The third kappa shape index (κ3) is 6.16. The van der Waals surface area contributed by atoms with E-state index in [0.717, 1.165) is 13.0 Å².